The van der Waals surface area contributed by atoms with Gasteiger partial charge in [-0.2, -0.15) is 4.37 Å². The predicted octanol–water partition coefficient (Wildman–Crippen LogP) is 3.79. The summed E-state index contributed by atoms with van der Waals surface area (Å²) in [6.45, 7) is 0. The summed E-state index contributed by atoms with van der Waals surface area (Å²) in [6, 6.07) is 7.65. The van der Waals surface area contributed by atoms with Crippen LogP contribution in [0.5, 0.6) is 5.75 Å². The van der Waals surface area contributed by atoms with Crippen LogP contribution in [0, 0.1) is 10.1 Å². The number of hydrogen-bond acceptors (Lipinski definition) is 8. The first-order valence-electron chi connectivity index (χ1n) is 6.70. The van der Waals surface area contributed by atoms with E-state index in [1.54, 1.807) is 0 Å². The summed E-state index contributed by atoms with van der Waals surface area (Å²) in [6.07, 6.45) is 1.41. The highest BCUT2D eigenvalue weighted by molar-refractivity contribution is 6.98. The summed E-state index contributed by atoms with van der Waals surface area (Å²) in [5.74, 6) is -0.874. The number of nitro groups is 1. The van der Waals surface area contributed by atoms with E-state index >= 15 is 0 Å². The standard InChI is InChI=1S/C13H8Cl2N2O4.CHN3S/c14-7-1-4-12(18)9(5-7)13(19)16-11-3-2-8(17(20)21)6-10(11)15;1-2-4-5-3-1/h1-6,18H,(H,16,19);1H. The van der Waals surface area contributed by atoms with Crippen molar-refractivity contribution >= 4 is 52.2 Å². The van der Waals surface area contributed by atoms with Crippen molar-refractivity contribution in [2.45, 2.75) is 0 Å². The van der Waals surface area contributed by atoms with Gasteiger partial charge in [-0.3, -0.25) is 14.9 Å². The Morgan fingerprint density at radius 1 is 1.23 bits per heavy atom. The van der Waals surface area contributed by atoms with Crippen LogP contribution < -0.4 is 5.32 Å². The molecule has 134 valence electrons. The zero-order valence-corrected chi connectivity index (χ0v) is 15.0. The molecule has 0 bridgehead atoms. The van der Waals surface area contributed by atoms with Gasteiger partial charge in [0.1, 0.15) is 5.75 Å². The van der Waals surface area contributed by atoms with E-state index in [-0.39, 0.29) is 32.7 Å². The second-order valence-corrected chi connectivity index (χ2v) is 5.92. The second-order valence-electron chi connectivity index (χ2n) is 4.54. The minimum absolute atomic E-state index is 0.0130. The summed E-state index contributed by atoms with van der Waals surface area (Å²) in [5.41, 5.74) is -0.0350. The number of aromatic hydroxyl groups is 1. The molecular formula is C14H9Cl2N5O4S. The molecule has 2 N–H and O–H groups in total. The Hall–Kier alpha value is -2.82. The van der Waals surface area contributed by atoms with E-state index in [0.717, 1.165) is 17.8 Å². The van der Waals surface area contributed by atoms with Gasteiger partial charge in [-0.15, -0.1) is 5.10 Å². The van der Waals surface area contributed by atoms with E-state index in [2.05, 4.69) is 19.3 Å². The Balaban J connectivity index is 0.000000417. The fourth-order valence-corrected chi connectivity index (χ4v) is 2.31. The number of halogens is 2. The smallest absolute Gasteiger partial charge is 0.271 e. The Labute approximate surface area is 160 Å². The molecule has 1 amide bonds. The molecule has 1 heterocycles. The van der Waals surface area contributed by atoms with Crippen LogP contribution in [0.3, 0.4) is 0 Å². The number of hydrogen-bond donors (Lipinski definition) is 2. The van der Waals surface area contributed by atoms with Gasteiger partial charge in [0, 0.05) is 17.2 Å². The molecule has 3 aromatic rings. The molecule has 1 aromatic heterocycles. The van der Waals surface area contributed by atoms with Crippen molar-refractivity contribution < 1.29 is 14.8 Å². The van der Waals surface area contributed by atoms with Gasteiger partial charge in [-0.25, -0.2) is 0 Å². The van der Waals surface area contributed by atoms with Crippen LogP contribution in [0.25, 0.3) is 0 Å². The first-order valence-corrected chi connectivity index (χ1v) is 8.19. The Morgan fingerprint density at radius 3 is 2.54 bits per heavy atom. The summed E-state index contributed by atoms with van der Waals surface area (Å²) in [4.78, 5) is 22.0. The molecule has 0 radical (unpaired) electrons. The van der Waals surface area contributed by atoms with Crippen molar-refractivity contribution in [1.29, 1.82) is 0 Å². The summed E-state index contributed by atoms with van der Waals surface area (Å²) in [5, 5.41) is 26.4. The van der Waals surface area contributed by atoms with E-state index in [4.69, 9.17) is 23.2 Å². The van der Waals surface area contributed by atoms with E-state index in [1.807, 2.05) is 0 Å². The van der Waals surface area contributed by atoms with Crippen LogP contribution in [0.2, 0.25) is 10.0 Å². The number of nitro benzene ring substituents is 1. The Bertz CT molecular complexity index is 906. The lowest BCUT2D eigenvalue weighted by atomic mass is 10.2. The number of aromatic nitrogens is 3. The number of amides is 1. The lowest BCUT2D eigenvalue weighted by molar-refractivity contribution is -0.384. The highest BCUT2D eigenvalue weighted by Gasteiger charge is 2.15. The zero-order chi connectivity index (χ0) is 19.1. The fraction of sp³-hybridized carbons (Fsp3) is 0. The highest BCUT2D eigenvalue weighted by atomic mass is 35.5. The van der Waals surface area contributed by atoms with Crippen molar-refractivity contribution in [3.8, 4) is 5.75 Å². The van der Waals surface area contributed by atoms with Crippen LogP contribution in [0.1, 0.15) is 10.4 Å². The normalized spacial score (nSPS) is 9.77. The van der Waals surface area contributed by atoms with Crippen molar-refractivity contribution in [1.82, 2.24) is 14.0 Å². The van der Waals surface area contributed by atoms with E-state index in [1.165, 1.54) is 36.7 Å². The number of carbonyl (C=O) groups is 1. The molecule has 12 heteroatoms. The van der Waals surface area contributed by atoms with Crippen molar-refractivity contribution in [3.63, 3.8) is 0 Å². The number of nitrogens with zero attached hydrogens (tertiary/aromatic N) is 4. The molecule has 9 nitrogen and oxygen atoms in total. The van der Waals surface area contributed by atoms with Gasteiger partial charge in [-0.05, 0) is 24.3 Å². The van der Waals surface area contributed by atoms with Gasteiger partial charge in [0.25, 0.3) is 11.6 Å². The van der Waals surface area contributed by atoms with Gasteiger partial charge in [-0.1, -0.05) is 27.7 Å². The van der Waals surface area contributed by atoms with Gasteiger partial charge in [0.05, 0.1) is 32.9 Å². The first-order chi connectivity index (χ1) is 12.4. The third kappa shape index (κ3) is 5.34. The predicted molar refractivity (Wildman–Crippen MR) is 96.9 cm³/mol. The number of benzene rings is 2. The number of carbonyl (C=O) groups excluding carboxylic acids is 1. The molecule has 0 saturated heterocycles. The van der Waals surface area contributed by atoms with Crippen LogP contribution >= 0.6 is 34.9 Å². The van der Waals surface area contributed by atoms with Crippen LogP contribution in [-0.2, 0) is 0 Å². The highest BCUT2D eigenvalue weighted by Crippen LogP contribution is 2.28. The van der Waals surface area contributed by atoms with Gasteiger partial charge in [0.15, 0.2) is 6.33 Å². The van der Waals surface area contributed by atoms with Crippen molar-refractivity contribution in [2.75, 3.05) is 5.32 Å². The lowest BCUT2D eigenvalue weighted by Gasteiger charge is -2.08. The molecule has 2 aromatic carbocycles. The molecule has 0 saturated carbocycles. The second kappa shape index (κ2) is 9.04. The van der Waals surface area contributed by atoms with Crippen LogP contribution in [0.15, 0.2) is 42.7 Å². The van der Waals surface area contributed by atoms with Gasteiger partial charge in [0.2, 0.25) is 0 Å². The summed E-state index contributed by atoms with van der Waals surface area (Å²) >= 11 is 12.7. The average Bonchev–Trinajstić information content (AvgIpc) is 3.18. The summed E-state index contributed by atoms with van der Waals surface area (Å²) in [7, 11) is 0. The maximum absolute atomic E-state index is 12.0. The maximum atomic E-state index is 12.0. The number of phenols is 1. The zero-order valence-electron chi connectivity index (χ0n) is 12.7. The third-order valence-electron chi connectivity index (χ3n) is 2.84. The number of phenolic OH excluding ortho intramolecular Hbond substituents is 1. The molecule has 0 aliphatic heterocycles. The third-order valence-corrected chi connectivity index (χ3v) is 3.75. The molecule has 3 rings (SSSR count). The average molecular weight is 414 g/mol. The molecule has 26 heavy (non-hydrogen) atoms. The first kappa shape index (κ1) is 19.5. The summed E-state index contributed by atoms with van der Waals surface area (Å²) < 4.78 is 6.94. The van der Waals surface area contributed by atoms with E-state index < -0.39 is 10.8 Å². The molecule has 0 atom stereocenters. The minimum Gasteiger partial charge on any atom is -0.507 e. The molecule has 0 aliphatic carbocycles. The van der Waals surface area contributed by atoms with Crippen LogP contribution in [0.4, 0.5) is 11.4 Å². The van der Waals surface area contributed by atoms with Crippen molar-refractivity contribution in [3.05, 3.63) is 68.4 Å². The topological polar surface area (TPSA) is 131 Å². The van der Waals surface area contributed by atoms with Gasteiger partial charge >= 0.3 is 0 Å². The fourth-order valence-electron chi connectivity index (χ4n) is 1.70. The molecule has 0 aliphatic rings. The van der Waals surface area contributed by atoms with Crippen molar-refractivity contribution in [2.24, 2.45) is 0 Å². The van der Waals surface area contributed by atoms with E-state index in [9.17, 15) is 20.0 Å². The lowest BCUT2D eigenvalue weighted by Crippen LogP contribution is -2.12. The quantitative estimate of drug-likeness (QED) is 0.492. The molecule has 0 unspecified atom stereocenters. The maximum Gasteiger partial charge on any atom is 0.271 e. The number of non-ortho nitro benzene ring substituents is 1. The molecule has 0 spiro atoms. The number of nitrogens with one attached hydrogen (secondary N) is 1. The van der Waals surface area contributed by atoms with E-state index in [0.29, 0.717) is 0 Å². The Morgan fingerprint density at radius 2 is 2.00 bits per heavy atom. The Kier molecular flexibility index (Phi) is 6.78. The largest absolute Gasteiger partial charge is 0.507 e. The minimum atomic E-state index is -0.634. The van der Waals surface area contributed by atoms with Gasteiger partial charge < -0.3 is 10.4 Å². The van der Waals surface area contributed by atoms with Crippen LogP contribution in [-0.4, -0.2) is 29.9 Å². The number of rotatable bonds is 3. The monoisotopic (exact) mass is 413 g/mol. The molecular weight excluding hydrogens is 405 g/mol. The SMILES string of the molecule is O=C(Nc1ccc([N+](=O)[O-])cc1Cl)c1cc(Cl)ccc1O.c1nnsn1. The number of anilines is 1. The molecule has 0 fully saturated rings.